The maximum absolute atomic E-state index is 12.7. The number of unbranched alkanes of at least 4 members (excludes halogenated alkanes) is 31. The Morgan fingerprint density at radius 2 is 0.600 bits per heavy atom. The van der Waals surface area contributed by atoms with Gasteiger partial charge in [0.2, 0.25) is 0 Å². The SMILES string of the molecule is CCCCCCC/C=C\CCCCCCCC(=O)OC(COC(=O)CCCCCCCCC)COC(=O)CCCCCCCCCCCCCCCCCC. The average Bonchev–Trinajstić information content (AvgIpc) is 3.18. The Morgan fingerprint density at radius 3 is 0.909 bits per heavy atom. The third kappa shape index (κ3) is 43.1. The molecule has 0 aromatic rings. The van der Waals surface area contributed by atoms with Gasteiger partial charge >= 0.3 is 17.9 Å². The summed E-state index contributed by atoms with van der Waals surface area (Å²) in [4.78, 5) is 37.7. The summed E-state index contributed by atoms with van der Waals surface area (Å²) in [6, 6.07) is 0. The van der Waals surface area contributed by atoms with Gasteiger partial charge in [-0.15, -0.1) is 0 Å². The molecule has 0 aromatic heterocycles. The molecule has 0 bridgehead atoms. The summed E-state index contributed by atoms with van der Waals surface area (Å²) in [5.41, 5.74) is 0. The van der Waals surface area contributed by atoms with Crippen LogP contribution in [0.2, 0.25) is 0 Å². The smallest absolute Gasteiger partial charge is 0.306 e. The van der Waals surface area contributed by atoms with Crippen molar-refractivity contribution in [2.75, 3.05) is 13.2 Å². The number of ether oxygens (including phenoxy) is 3. The summed E-state index contributed by atoms with van der Waals surface area (Å²) < 4.78 is 16.7. The van der Waals surface area contributed by atoms with Crippen LogP contribution in [0.15, 0.2) is 12.2 Å². The fourth-order valence-electron chi connectivity index (χ4n) is 7.08. The van der Waals surface area contributed by atoms with E-state index in [4.69, 9.17) is 14.2 Å². The second kappa shape index (κ2) is 44.9. The zero-order chi connectivity index (χ0) is 40.1. The van der Waals surface area contributed by atoms with E-state index in [1.54, 1.807) is 0 Å². The van der Waals surface area contributed by atoms with Crippen molar-refractivity contribution in [3.8, 4) is 0 Å². The van der Waals surface area contributed by atoms with Crippen LogP contribution in [0, 0.1) is 0 Å². The fourth-order valence-corrected chi connectivity index (χ4v) is 7.08. The summed E-state index contributed by atoms with van der Waals surface area (Å²) in [5, 5.41) is 0. The lowest BCUT2D eigenvalue weighted by molar-refractivity contribution is -0.167. The second-order valence-electron chi connectivity index (χ2n) is 16.4. The quantitative estimate of drug-likeness (QED) is 0.0265. The minimum atomic E-state index is -0.765. The fraction of sp³-hybridized carbons (Fsp3) is 0.898. The molecule has 0 aromatic carbocycles. The molecule has 6 heteroatoms. The third-order valence-electron chi connectivity index (χ3n) is 10.8. The molecule has 0 saturated carbocycles. The zero-order valence-electron chi connectivity index (χ0n) is 37.0. The number of carbonyl (C=O) groups excluding carboxylic acids is 3. The van der Waals surface area contributed by atoms with E-state index in [0.717, 1.165) is 64.2 Å². The minimum absolute atomic E-state index is 0.0691. The van der Waals surface area contributed by atoms with Crippen LogP contribution >= 0.6 is 0 Å². The van der Waals surface area contributed by atoms with Crippen molar-refractivity contribution in [1.82, 2.24) is 0 Å². The molecule has 0 aliphatic rings. The van der Waals surface area contributed by atoms with Gasteiger partial charge in [-0.25, -0.2) is 0 Å². The molecule has 0 aliphatic carbocycles. The first-order valence-corrected chi connectivity index (χ1v) is 24.2. The highest BCUT2D eigenvalue weighted by molar-refractivity contribution is 5.71. The number of allylic oxidation sites excluding steroid dienone is 2. The maximum atomic E-state index is 12.7. The first kappa shape index (κ1) is 53.1. The van der Waals surface area contributed by atoms with Gasteiger partial charge in [0.1, 0.15) is 13.2 Å². The van der Waals surface area contributed by atoms with Gasteiger partial charge in [0, 0.05) is 19.3 Å². The Hall–Kier alpha value is -1.85. The zero-order valence-corrected chi connectivity index (χ0v) is 37.0. The predicted octanol–water partition coefficient (Wildman–Crippen LogP) is 15.4. The van der Waals surface area contributed by atoms with E-state index in [-0.39, 0.29) is 31.1 Å². The summed E-state index contributed by atoms with van der Waals surface area (Å²) in [6.07, 6.45) is 47.8. The van der Waals surface area contributed by atoms with Crippen LogP contribution < -0.4 is 0 Å². The van der Waals surface area contributed by atoms with Crippen LogP contribution in [-0.4, -0.2) is 37.2 Å². The molecule has 324 valence electrons. The van der Waals surface area contributed by atoms with Crippen molar-refractivity contribution in [1.29, 1.82) is 0 Å². The highest BCUT2D eigenvalue weighted by atomic mass is 16.6. The van der Waals surface area contributed by atoms with Gasteiger partial charge in [0.05, 0.1) is 0 Å². The predicted molar refractivity (Wildman–Crippen MR) is 233 cm³/mol. The minimum Gasteiger partial charge on any atom is -0.462 e. The van der Waals surface area contributed by atoms with Crippen molar-refractivity contribution < 1.29 is 28.6 Å². The van der Waals surface area contributed by atoms with E-state index in [1.807, 2.05) is 0 Å². The van der Waals surface area contributed by atoms with Crippen LogP contribution in [0.25, 0.3) is 0 Å². The molecule has 0 aliphatic heterocycles. The third-order valence-corrected chi connectivity index (χ3v) is 10.8. The van der Waals surface area contributed by atoms with Crippen molar-refractivity contribution in [3.05, 3.63) is 12.2 Å². The Kier molecular flexibility index (Phi) is 43.4. The van der Waals surface area contributed by atoms with E-state index < -0.39 is 6.10 Å². The molecule has 0 radical (unpaired) electrons. The Morgan fingerprint density at radius 1 is 0.345 bits per heavy atom. The summed E-state index contributed by atoms with van der Waals surface area (Å²) >= 11 is 0. The Bertz CT molecular complexity index is 854. The average molecular weight is 777 g/mol. The number of esters is 3. The largest absolute Gasteiger partial charge is 0.462 e. The van der Waals surface area contributed by atoms with Gasteiger partial charge in [-0.1, -0.05) is 213 Å². The number of carbonyl (C=O) groups is 3. The van der Waals surface area contributed by atoms with Crippen molar-refractivity contribution in [3.63, 3.8) is 0 Å². The molecular formula is C49H92O6. The lowest BCUT2D eigenvalue weighted by Crippen LogP contribution is -2.30. The van der Waals surface area contributed by atoms with Crippen LogP contribution in [0.4, 0.5) is 0 Å². The highest BCUT2D eigenvalue weighted by Gasteiger charge is 2.19. The second-order valence-corrected chi connectivity index (χ2v) is 16.4. The lowest BCUT2D eigenvalue weighted by atomic mass is 10.0. The van der Waals surface area contributed by atoms with Crippen molar-refractivity contribution >= 4 is 17.9 Å². The van der Waals surface area contributed by atoms with Gasteiger partial charge in [0.25, 0.3) is 0 Å². The maximum Gasteiger partial charge on any atom is 0.306 e. The summed E-state index contributed by atoms with van der Waals surface area (Å²) in [6.45, 7) is 6.60. The van der Waals surface area contributed by atoms with Gasteiger partial charge in [-0.2, -0.15) is 0 Å². The molecule has 0 N–H and O–H groups in total. The highest BCUT2D eigenvalue weighted by Crippen LogP contribution is 2.15. The Labute approximate surface area is 341 Å². The molecule has 0 fully saturated rings. The van der Waals surface area contributed by atoms with Crippen LogP contribution in [0.5, 0.6) is 0 Å². The van der Waals surface area contributed by atoms with Crippen molar-refractivity contribution in [2.45, 2.75) is 271 Å². The standard InChI is InChI=1S/C49H92O6/c1-4-7-10-13-16-18-20-22-24-25-27-28-30-33-36-39-42-48(51)54-45-46(44-53-47(50)41-38-35-32-15-12-9-6-3)55-49(52)43-40-37-34-31-29-26-23-21-19-17-14-11-8-5-2/h21,23,46H,4-20,22,24-45H2,1-3H3/b23-21-. The molecule has 0 rings (SSSR count). The topological polar surface area (TPSA) is 78.9 Å². The van der Waals surface area contributed by atoms with E-state index in [0.29, 0.717) is 19.3 Å². The molecule has 55 heavy (non-hydrogen) atoms. The molecule has 0 amide bonds. The van der Waals surface area contributed by atoms with Crippen molar-refractivity contribution in [2.24, 2.45) is 0 Å². The van der Waals surface area contributed by atoms with E-state index in [2.05, 4.69) is 32.9 Å². The molecule has 0 saturated heterocycles. The van der Waals surface area contributed by atoms with Gasteiger partial charge < -0.3 is 14.2 Å². The normalized spacial score (nSPS) is 12.0. The lowest BCUT2D eigenvalue weighted by Gasteiger charge is -2.18. The first-order chi connectivity index (χ1) is 27.0. The van der Waals surface area contributed by atoms with E-state index >= 15 is 0 Å². The number of rotatable bonds is 44. The van der Waals surface area contributed by atoms with Gasteiger partial charge in [-0.05, 0) is 44.9 Å². The first-order valence-electron chi connectivity index (χ1n) is 24.2. The molecule has 1 unspecified atom stereocenters. The van der Waals surface area contributed by atoms with E-state index in [1.165, 1.54) is 161 Å². The number of hydrogen-bond acceptors (Lipinski definition) is 6. The van der Waals surface area contributed by atoms with E-state index in [9.17, 15) is 14.4 Å². The van der Waals surface area contributed by atoms with Crippen LogP contribution in [0.1, 0.15) is 265 Å². The van der Waals surface area contributed by atoms with Gasteiger partial charge in [0.15, 0.2) is 6.10 Å². The Balaban J connectivity index is 4.25. The van der Waals surface area contributed by atoms with Crippen LogP contribution in [0.3, 0.4) is 0 Å². The molecular weight excluding hydrogens is 685 g/mol. The summed E-state index contributed by atoms with van der Waals surface area (Å²) in [5.74, 6) is -0.873. The summed E-state index contributed by atoms with van der Waals surface area (Å²) in [7, 11) is 0. The molecule has 1 atom stereocenters. The van der Waals surface area contributed by atoms with Crippen LogP contribution in [-0.2, 0) is 28.6 Å². The molecule has 0 spiro atoms. The monoisotopic (exact) mass is 777 g/mol. The van der Waals surface area contributed by atoms with Gasteiger partial charge in [-0.3, -0.25) is 14.4 Å². The number of hydrogen-bond donors (Lipinski definition) is 0. The molecule has 0 heterocycles. The molecule has 6 nitrogen and oxygen atoms in total.